The monoisotopic (exact) mass is 483 g/mol. The molecule has 1 aromatic heterocycles. The van der Waals surface area contributed by atoms with Crippen LogP contribution in [0.3, 0.4) is 0 Å². The lowest BCUT2D eigenvalue weighted by atomic mass is 9.83. The molecule has 2 atom stereocenters. The summed E-state index contributed by atoms with van der Waals surface area (Å²) >= 11 is 0. The van der Waals surface area contributed by atoms with Gasteiger partial charge in [-0.05, 0) is 24.0 Å². The second-order valence-electron chi connectivity index (χ2n) is 8.23. The first-order chi connectivity index (χ1) is 16.3. The van der Waals surface area contributed by atoms with Crippen molar-refractivity contribution in [3.05, 3.63) is 93.9 Å². The summed E-state index contributed by atoms with van der Waals surface area (Å²) in [7, 11) is -3.91. The molecule has 1 aliphatic heterocycles. The fraction of sp³-hybridized carbons (Fsp3) is 0.292. The number of carbonyl (C=O) groups excluding carboxylic acids is 1. The highest BCUT2D eigenvalue weighted by atomic mass is 32.2. The van der Waals surface area contributed by atoms with Crippen molar-refractivity contribution in [2.24, 2.45) is 0 Å². The van der Waals surface area contributed by atoms with E-state index in [1.54, 1.807) is 0 Å². The Morgan fingerprint density at radius 1 is 1.12 bits per heavy atom. The average Bonchev–Trinajstić information content (AvgIpc) is 3.30. The van der Waals surface area contributed by atoms with E-state index in [1.807, 2.05) is 60.7 Å². The van der Waals surface area contributed by atoms with Gasteiger partial charge >= 0.3 is 0 Å². The maximum Gasteiger partial charge on any atom is 0.276 e. The van der Waals surface area contributed by atoms with E-state index in [2.05, 4.69) is 10.2 Å². The van der Waals surface area contributed by atoms with Gasteiger partial charge < -0.3 is 10.0 Å². The molecular formula is C24H25N3O6S. The molecule has 2 aromatic carbocycles. The van der Waals surface area contributed by atoms with Crippen molar-refractivity contribution < 1.29 is 22.5 Å². The number of benzene rings is 2. The molecule has 0 unspecified atom stereocenters. The van der Waals surface area contributed by atoms with E-state index < -0.39 is 45.3 Å². The quantitative estimate of drug-likeness (QED) is 0.493. The van der Waals surface area contributed by atoms with Crippen LogP contribution < -0.4 is 5.43 Å². The van der Waals surface area contributed by atoms with Gasteiger partial charge in [0.05, 0.1) is 18.5 Å². The van der Waals surface area contributed by atoms with E-state index in [9.17, 15) is 23.1 Å². The molecule has 0 bridgehead atoms. The summed E-state index contributed by atoms with van der Waals surface area (Å²) in [5, 5.41) is 16.2. The van der Waals surface area contributed by atoms with E-state index in [4.69, 9.17) is 4.18 Å². The van der Waals surface area contributed by atoms with Crippen LogP contribution in [0.4, 0.5) is 0 Å². The van der Waals surface area contributed by atoms with Gasteiger partial charge in [-0.2, -0.15) is 13.5 Å². The van der Waals surface area contributed by atoms with E-state index in [-0.39, 0.29) is 5.69 Å². The van der Waals surface area contributed by atoms with Crippen molar-refractivity contribution in [2.75, 3.05) is 12.8 Å². The summed E-state index contributed by atoms with van der Waals surface area (Å²) in [6.45, 7) is 0.305. The van der Waals surface area contributed by atoms with E-state index in [0.29, 0.717) is 19.4 Å². The Hall–Kier alpha value is -3.50. The van der Waals surface area contributed by atoms with Crippen LogP contribution >= 0.6 is 0 Å². The number of hydrogen-bond acceptors (Lipinski definition) is 7. The van der Waals surface area contributed by atoms with Gasteiger partial charge in [0.2, 0.25) is 5.43 Å². The minimum atomic E-state index is -3.91. The van der Waals surface area contributed by atoms with Crippen LogP contribution in [-0.2, 0) is 14.3 Å². The fourth-order valence-electron chi connectivity index (χ4n) is 4.51. The fourth-order valence-corrected chi connectivity index (χ4v) is 5.15. The summed E-state index contributed by atoms with van der Waals surface area (Å²) in [6.07, 6.45) is 1.99. The first kappa shape index (κ1) is 23.7. The van der Waals surface area contributed by atoms with Gasteiger partial charge in [0.15, 0.2) is 11.4 Å². The number of aromatic nitrogens is 2. The predicted molar refractivity (Wildman–Crippen MR) is 125 cm³/mol. The van der Waals surface area contributed by atoms with Gasteiger partial charge in [0, 0.05) is 12.5 Å². The predicted octanol–water partition coefficient (Wildman–Crippen LogP) is 2.26. The molecule has 9 nitrogen and oxygen atoms in total. The Kier molecular flexibility index (Phi) is 6.80. The largest absolute Gasteiger partial charge is 0.502 e. The van der Waals surface area contributed by atoms with Crippen LogP contribution in [-0.4, -0.2) is 59.5 Å². The third kappa shape index (κ3) is 5.02. The van der Waals surface area contributed by atoms with Gasteiger partial charge in [-0.1, -0.05) is 60.7 Å². The standard InChI is InChI=1S/C24H25N3O6S/c1-34(31,32)33-23(20(16-9-4-2-5-10-16)17-11-6-3-7-12-17)18-13-8-14-27(18)24(30)21-22(29)19(28)15-25-26-21/h2-7,9-12,15,18,20,23H,8,13-14H2,1H3,(H,25,29)(H,26,28)/t18-,23+/m1/s1. The molecule has 1 amide bonds. The Morgan fingerprint density at radius 2 is 1.71 bits per heavy atom. The number of nitrogens with zero attached hydrogens (tertiary/aromatic N) is 2. The molecule has 34 heavy (non-hydrogen) atoms. The third-order valence-corrected chi connectivity index (χ3v) is 6.49. The van der Waals surface area contributed by atoms with Crippen molar-refractivity contribution >= 4 is 16.0 Å². The molecule has 0 aliphatic carbocycles. The smallest absolute Gasteiger partial charge is 0.276 e. The number of H-pyrrole nitrogens is 1. The molecule has 2 heterocycles. The highest BCUT2D eigenvalue weighted by molar-refractivity contribution is 7.86. The number of likely N-dealkylation sites (tertiary alicyclic amines) is 1. The lowest BCUT2D eigenvalue weighted by Gasteiger charge is -2.36. The maximum atomic E-state index is 13.3. The van der Waals surface area contributed by atoms with Gasteiger partial charge in [0.1, 0.15) is 6.10 Å². The number of aromatic amines is 1. The van der Waals surface area contributed by atoms with Crippen molar-refractivity contribution in [2.45, 2.75) is 30.9 Å². The van der Waals surface area contributed by atoms with Crippen molar-refractivity contribution in [3.8, 4) is 5.75 Å². The normalized spacial score (nSPS) is 17.1. The first-order valence-corrected chi connectivity index (χ1v) is 12.6. The zero-order chi connectivity index (χ0) is 24.3. The number of carbonyl (C=O) groups is 1. The molecule has 10 heteroatoms. The summed E-state index contributed by atoms with van der Waals surface area (Å²) < 4.78 is 30.5. The lowest BCUT2D eigenvalue weighted by molar-refractivity contribution is 0.0526. The maximum absolute atomic E-state index is 13.3. The average molecular weight is 484 g/mol. The summed E-state index contributed by atoms with van der Waals surface area (Å²) in [5.74, 6) is -1.88. The zero-order valence-corrected chi connectivity index (χ0v) is 19.3. The first-order valence-electron chi connectivity index (χ1n) is 10.8. The van der Waals surface area contributed by atoms with Gasteiger partial charge in [-0.15, -0.1) is 0 Å². The third-order valence-electron chi connectivity index (χ3n) is 5.91. The van der Waals surface area contributed by atoms with E-state index in [0.717, 1.165) is 23.6 Å². The number of hydrogen-bond donors (Lipinski definition) is 2. The number of rotatable bonds is 7. The Bertz CT molecular complexity index is 1270. The SMILES string of the molecule is CS(=O)(=O)O[C@H](C(c1ccccc1)c1ccccc1)[C@H]1CCCN1C(=O)c1[nH]ncc(=O)c1O. The number of amides is 1. The van der Waals surface area contributed by atoms with Crippen LogP contribution in [0.25, 0.3) is 0 Å². The van der Waals surface area contributed by atoms with Gasteiger partial charge in [0.25, 0.3) is 16.0 Å². The number of nitrogens with one attached hydrogen (secondary N) is 1. The van der Waals surface area contributed by atoms with Gasteiger partial charge in [-0.25, -0.2) is 0 Å². The Morgan fingerprint density at radius 3 is 2.26 bits per heavy atom. The number of aromatic hydroxyl groups is 1. The van der Waals surface area contributed by atoms with Crippen LogP contribution in [0.15, 0.2) is 71.7 Å². The highest BCUT2D eigenvalue weighted by Crippen LogP contribution is 2.37. The molecule has 3 aromatic rings. The van der Waals surface area contributed by atoms with Crippen LogP contribution in [0.2, 0.25) is 0 Å². The van der Waals surface area contributed by atoms with Gasteiger partial charge in [-0.3, -0.25) is 18.9 Å². The summed E-state index contributed by atoms with van der Waals surface area (Å²) in [5.41, 5.74) is 0.542. The summed E-state index contributed by atoms with van der Waals surface area (Å²) in [4.78, 5) is 26.6. The van der Waals surface area contributed by atoms with Crippen LogP contribution in [0.1, 0.15) is 40.4 Å². The lowest BCUT2D eigenvalue weighted by Crippen LogP contribution is -2.47. The molecule has 1 saturated heterocycles. The molecule has 1 aliphatic rings. The molecule has 0 saturated carbocycles. The molecule has 2 N–H and O–H groups in total. The van der Waals surface area contributed by atoms with Crippen molar-refractivity contribution in [1.29, 1.82) is 0 Å². The zero-order valence-electron chi connectivity index (χ0n) is 18.5. The van der Waals surface area contributed by atoms with E-state index in [1.165, 1.54) is 4.90 Å². The topological polar surface area (TPSA) is 130 Å². The minimum absolute atomic E-state index is 0.305. The van der Waals surface area contributed by atoms with Crippen molar-refractivity contribution in [3.63, 3.8) is 0 Å². The summed E-state index contributed by atoms with van der Waals surface area (Å²) in [6, 6.07) is 18.1. The second-order valence-corrected chi connectivity index (χ2v) is 9.83. The Balaban J connectivity index is 1.81. The molecule has 1 fully saturated rings. The van der Waals surface area contributed by atoms with Crippen molar-refractivity contribution in [1.82, 2.24) is 15.1 Å². The second kappa shape index (κ2) is 9.78. The van der Waals surface area contributed by atoms with E-state index >= 15 is 0 Å². The molecular weight excluding hydrogens is 458 g/mol. The van der Waals surface area contributed by atoms with Crippen LogP contribution in [0, 0.1) is 0 Å². The molecule has 0 spiro atoms. The molecule has 4 rings (SSSR count). The minimum Gasteiger partial charge on any atom is -0.502 e. The molecule has 178 valence electrons. The highest BCUT2D eigenvalue weighted by Gasteiger charge is 2.43. The van der Waals surface area contributed by atoms with Crippen LogP contribution in [0.5, 0.6) is 5.75 Å². The Labute approximate surface area is 197 Å². The molecule has 0 radical (unpaired) electrons.